The van der Waals surface area contributed by atoms with Crippen LogP contribution in [0.15, 0.2) is 59.6 Å². The fraction of sp³-hybridized carbons (Fsp3) is 0.400. The summed E-state index contributed by atoms with van der Waals surface area (Å²) in [6.45, 7) is 2.76. The number of hydrogen-bond donors (Lipinski definition) is 2. The second-order valence-corrected chi connectivity index (χ2v) is 8.32. The number of nitrogens with zero attached hydrogens (tertiary/aromatic N) is 3. The predicted octanol–water partition coefficient (Wildman–Crippen LogP) is 2.32. The van der Waals surface area contributed by atoms with Gasteiger partial charge in [-0.3, -0.25) is 14.6 Å². The Bertz CT molecular complexity index is 975. The van der Waals surface area contributed by atoms with Gasteiger partial charge in [-0.1, -0.05) is 42.5 Å². The molecule has 1 saturated heterocycles. The molecule has 2 aliphatic rings. The molecule has 2 heterocycles. The third-order valence-electron chi connectivity index (χ3n) is 6.10. The first-order chi connectivity index (χ1) is 15.6. The number of amides is 2. The molecule has 0 bridgehead atoms. The predicted molar refractivity (Wildman–Crippen MR) is 126 cm³/mol. The minimum atomic E-state index is 0.00366. The van der Waals surface area contributed by atoms with Gasteiger partial charge in [0, 0.05) is 51.8 Å². The van der Waals surface area contributed by atoms with Crippen LogP contribution in [0.3, 0.4) is 0 Å². The van der Waals surface area contributed by atoms with Crippen LogP contribution in [-0.2, 0) is 22.6 Å². The summed E-state index contributed by atoms with van der Waals surface area (Å²) in [6, 6.07) is 18.1. The number of rotatable bonds is 6. The summed E-state index contributed by atoms with van der Waals surface area (Å²) in [7, 11) is 1.72. The molecule has 7 heteroatoms. The molecule has 0 aromatic heterocycles. The van der Waals surface area contributed by atoms with Crippen molar-refractivity contribution in [2.24, 2.45) is 4.99 Å². The molecule has 4 rings (SSSR count). The summed E-state index contributed by atoms with van der Waals surface area (Å²) in [4.78, 5) is 33.1. The van der Waals surface area contributed by atoms with Crippen molar-refractivity contribution in [2.75, 3.05) is 31.6 Å². The number of para-hydroxylation sites is 1. The maximum Gasteiger partial charge on any atom is 0.229 e. The minimum absolute atomic E-state index is 0.00366. The molecule has 2 N–H and O–H groups in total. The van der Waals surface area contributed by atoms with Crippen LogP contribution in [0.25, 0.3) is 0 Å². The minimum Gasteiger partial charge on any atom is -0.356 e. The van der Waals surface area contributed by atoms with Crippen LogP contribution in [-0.4, -0.2) is 55.4 Å². The number of anilines is 1. The molecule has 2 amide bonds. The highest BCUT2D eigenvalue weighted by Gasteiger charge is 2.31. The lowest BCUT2D eigenvalue weighted by molar-refractivity contribution is -0.132. The zero-order valence-corrected chi connectivity index (χ0v) is 18.6. The Morgan fingerprint density at radius 1 is 1.09 bits per heavy atom. The summed E-state index contributed by atoms with van der Waals surface area (Å²) in [5, 5.41) is 6.62. The summed E-state index contributed by atoms with van der Waals surface area (Å²) < 4.78 is 0. The Balaban J connectivity index is 1.19. The summed E-state index contributed by atoms with van der Waals surface area (Å²) in [5.41, 5.74) is 3.53. The molecule has 32 heavy (non-hydrogen) atoms. The molecule has 2 aromatic carbocycles. The standard InChI is InChI=1S/C25H31N5O2/c1-26-25(28-21-16-24(32)30(18-21)22-10-3-2-4-11-22)27-14-7-12-23(31)29-15-13-19-8-5-6-9-20(19)17-29/h2-6,8-11,21H,7,12-18H2,1H3,(H2,26,27,28). The van der Waals surface area contributed by atoms with E-state index < -0.39 is 0 Å². The van der Waals surface area contributed by atoms with Crippen LogP contribution >= 0.6 is 0 Å². The first kappa shape index (κ1) is 21.9. The second-order valence-electron chi connectivity index (χ2n) is 8.32. The van der Waals surface area contributed by atoms with Gasteiger partial charge in [0.15, 0.2) is 5.96 Å². The maximum absolute atomic E-state index is 12.6. The molecule has 0 aliphatic carbocycles. The van der Waals surface area contributed by atoms with Gasteiger partial charge < -0.3 is 20.4 Å². The van der Waals surface area contributed by atoms with E-state index in [1.807, 2.05) is 41.3 Å². The van der Waals surface area contributed by atoms with Gasteiger partial charge in [-0.15, -0.1) is 0 Å². The summed E-state index contributed by atoms with van der Waals surface area (Å²) in [6.07, 6.45) is 2.61. The van der Waals surface area contributed by atoms with Gasteiger partial charge in [0.2, 0.25) is 11.8 Å². The van der Waals surface area contributed by atoms with Crippen molar-refractivity contribution in [1.29, 1.82) is 0 Å². The monoisotopic (exact) mass is 433 g/mol. The lowest BCUT2D eigenvalue weighted by Crippen LogP contribution is -2.45. The smallest absolute Gasteiger partial charge is 0.229 e. The largest absolute Gasteiger partial charge is 0.356 e. The van der Waals surface area contributed by atoms with Crippen molar-refractivity contribution < 1.29 is 9.59 Å². The van der Waals surface area contributed by atoms with Crippen molar-refractivity contribution >= 4 is 23.5 Å². The lowest BCUT2D eigenvalue weighted by Gasteiger charge is -2.29. The van der Waals surface area contributed by atoms with Gasteiger partial charge >= 0.3 is 0 Å². The zero-order valence-electron chi connectivity index (χ0n) is 18.6. The number of guanidine groups is 1. The molecule has 2 aliphatic heterocycles. The molecule has 0 saturated carbocycles. The molecule has 2 aromatic rings. The van der Waals surface area contributed by atoms with E-state index in [0.717, 1.165) is 25.1 Å². The molecular weight excluding hydrogens is 402 g/mol. The quantitative estimate of drug-likeness (QED) is 0.416. The van der Waals surface area contributed by atoms with Crippen LogP contribution in [0.5, 0.6) is 0 Å². The Morgan fingerprint density at radius 3 is 2.62 bits per heavy atom. The van der Waals surface area contributed by atoms with Crippen molar-refractivity contribution in [3.8, 4) is 0 Å². The number of carbonyl (C=O) groups is 2. The Hall–Kier alpha value is -3.35. The fourth-order valence-corrected chi connectivity index (χ4v) is 4.36. The van der Waals surface area contributed by atoms with E-state index in [9.17, 15) is 9.59 Å². The van der Waals surface area contributed by atoms with Gasteiger partial charge in [-0.2, -0.15) is 0 Å². The molecule has 1 fully saturated rings. The van der Waals surface area contributed by atoms with Crippen molar-refractivity contribution in [3.63, 3.8) is 0 Å². The number of carbonyl (C=O) groups excluding carboxylic acids is 2. The molecule has 7 nitrogen and oxygen atoms in total. The van der Waals surface area contributed by atoms with Gasteiger partial charge in [0.1, 0.15) is 0 Å². The van der Waals surface area contributed by atoms with Gasteiger partial charge in [0.25, 0.3) is 0 Å². The van der Waals surface area contributed by atoms with E-state index in [0.29, 0.717) is 38.4 Å². The van der Waals surface area contributed by atoms with Crippen molar-refractivity contribution in [3.05, 3.63) is 65.7 Å². The van der Waals surface area contributed by atoms with Crippen LogP contribution in [0, 0.1) is 0 Å². The fourth-order valence-electron chi connectivity index (χ4n) is 4.36. The SMILES string of the molecule is CN=C(NCCCC(=O)N1CCc2ccccc2C1)NC1CC(=O)N(c2ccccc2)C1. The van der Waals surface area contributed by atoms with E-state index in [1.165, 1.54) is 11.1 Å². The number of benzene rings is 2. The van der Waals surface area contributed by atoms with Crippen LogP contribution < -0.4 is 15.5 Å². The molecule has 1 unspecified atom stereocenters. The lowest BCUT2D eigenvalue weighted by atomic mass is 9.99. The van der Waals surface area contributed by atoms with E-state index in [4.69, 9.17) is 0 Å². The van der Waals surface area contributed by atoms with E-state index in [-0.39, 0.29) is 17.9 Å². The highest BCUT2D eigenvalue weighted by Crippen LogP contribution is 2.21. The van der Waals surface area contributed by atoms with Gasteiger partial charge in [0.05, 0.1) is 6.04 Å². The Kier molecular flexibility index (Phi) is 7.04. The van der Waals surface area contributed by atoms with E-state index in [1.54, 1.807) is 11.9 Å². The third kappa shape index (κ3) is 5.28. The highest BCUT2D eigenvalue weighted by molar-refractivity contribution is 5.97. The Morgan fingerprint density at radius 2 is 1.84 bits per heavy atom. The van der Waals surface area contributed by atoms with Gasteiger partial charge in [-0.05, 0) is 36.1 Å². The number of aliphatic imine (C=N–C) groups is 1. The highest BCUT2D eigenvalue weighted by atomic mass is 16.2. The topological polar surface area (TPSA) is 77.0 Å². The summed E-state index contributed by atoms with van der Waals surface area (Å²) in [5.74, 6) is 0.971. The molecular formula is C25H31N5O2. The number of hydrogen-bond acceptors (Lipinski definition) is 3. The number of nitrogens with one attached hydrogen (secondary N) is 2. The van der Waals surface area contributed by atoms with Crippen molar-refractivity contribution in [2.45, 2.75) is 38.3 Å². The summed E-state index contributed by atoms with van der Waals surface area (Å²) >= 11 is 0. The zero-order chi connectivity index (χ0) is 22.3. The second kappa shape index (κ2) is 10.3. The van der Waals surface area contributed by atoms with E-state index in [2.05, 4.69) is 33.8 Å². The molecule has 0 spiro atoms. The normalized spacial score (nSPS) is 18.5. The maximum atomic E-state index is 12.6. The molecule has 1 atom stereocenters. The van der Waals surface area contributed by atoms with Crippen LogP contribution in [0.4, 0.5) is 5.69 Å². The Labute approximate surface area is 189 Å². The first-order valence-electron chi connectivity index (χ1n) is 11.3. The van der Waals surface area contributed by atoms with Crippen molar-refractivity contribution in [1.82, 2.24) is 15.5 Å². The number of fused-ring (bicyclic) bond motifs is 1. The first-order valence-corrected chi connectivity index (χ1v) is 11.3. The average Bonchev–Trinajstić information content (AvgIpc) is 3.20. The third-order valence-corrected chi connectivity index (χ3v) is 6.10. The van der Waals surface area contributed by atoms with Gasteiger partial charge in [-0.25, -0.2) is 0 Å². The van der Waals surface area contributed by atoms with E-state index >= 15 is 0 Å². The molecule has 168 valence electrons. The molecule has 0 radical (unpaired) electrons. The van der Waals surface area contributed by atoms with Crippen LogP contribution in [0.1, 0.15) is 30.4 Å². The average molecular weight is 434 g/mol. The van der Waals surface area contributed by atoms with Crippen LogP contribution in [0.2, 0.25) is 0 Å².